The molecule has 8 nitrogen and oxygen atoms in total. The molecule has 1 aliphatic carbocycles. The molecule has 232 valence electrons. The Morgan fingerprint density at radius 1 is 1.00 bits per heavy atom. The van der Waals surface area contributed by atoms with Crippen molar-refractivity contribution in [3.8, 4) is 16.3 Å². The monoisotopic (exact) mass is 648 g/mol. The van der Waals surface area contributed by atoms with Crippen LogP contribution >= 0.6 is 22.9 Å². The maximum Gasteiger partial charge on any atom is 0.163 e. The molecule has 0 saturated carbocycles. The van der Waals surface area contributed by atoms with Crippen molar-refractivity contribution in [2.24, 2.45) is 4.99 Å². The molecule has 2 aromatic carbocycles. The minimum absolute atomic E-state index is 0.125. The van der Waals surface area contributed by atoms with Crippen LogP contribution in [-0.4, -0.2) is 43.6 Å². The highest BCUT2D eigenvalue weighted by Crippen LogP contribution is 2.40. The molecule has 1 aliphatic heterocycles. The first kappa shape index (κ1) is 30.2. The van der Waals surface area contributed by atoms with Crippen LogP contribution in [0, 0.1) is 20.8 Å². The van der Waals surface area contributed by atoms with E-state index in [9.17, 15) is 9.59 Å². The Labute approximate surface area is 276 Å². The zero-order chi connectivity index (χ0) is 31.9. The molecular weight excluding hydrogens is 616 g/mol. The lowest BCUT2D eigenvalue weighted by molar-refractivity contribution is -0.119. The molecule has 0 saturated heterocycles. The van der Waals surface area contributed by atoms with Crippen LogP contribution in [-0.2, 0) is 22.4 Å². The van der Waals surface area contributed by atoms with Gasteiger partial charge in [0.1, 0.15) is 28.4 Å². The largest absolute Gasteiger partial charge is 0.384 e. The fraction of sp³-hybridized carbons (Fsp3) is 0.278. The molecule has 0 spiro atoms. The number of hydrogen-bond acceptors (Lipinski definition) is 8. The summed E-state index contributed by atoms with van der Waals surface area (Å²) in [5.41, 5.74) is 9.02. The Bertz CT molecular complexity index is 2010. The fourth-order valence-corrected chi connectivity index (χ4v) is 7.59. The van der Waals surface area contributed by atoms with Crippen molar-refractivity contribution in [3.05, 3.63) is 110 Å². The van der Waals surface area contributed by atoms with Crippen molar-refractivity contribution in [3.63, 3.8) is 0 Å². The van der Waals surface area contributed by atoms with E-state index in [1.54, 1.807) is 11.3 Å². The number of anilines is 1. The van der Waals surface area contributed by atoms with Gasteiger partial charge in [0.2, 0.25) is 0 Å². The summed E-state index contributed by atoms with van der Waals surface area (Å²) < 4.78 is 2.07. The smallest absolute Gasteiger partial charge is 0.163 e. The van der Waals surface area contributed by atoms with Crippen molar-refractivity contribution in [2.45, 2.75) is 58.9 Å². The SMILES string of the molecule is Cc1sc2c(c1C)C(c1ccc(Cl)cc1)=N[C@@H](CC(=O)CCCNc1ccc(-c3ccc4c(c3)CC(=O)C4)nc1)c1nnc(C)n1-2. The molecule has 0 fully saturated rings. The summed E-state index contributed by atoms with van der Waals surface area (Å²) in [4.78, 5) is 36.2. The maximum absolute atomic E-state index is 13.4. The van der Waals surface area contributed by atoms with Crippen LogP contribution in [0.5, 0.6) is 0 Å². The van der Waals surface area contributed by atoms with Gasteiger partial charge in [0.05, 0.1) is 23.3 Å². The number of rotatable bonds is 9. The second kappa shape index (κ2) is 12.4. The molecule has 0 unspecified atom stereocenters. The summed E-state index contributed by atoms with van der Waals surface area (Å²) in [5.74, 6) is 1.86. The van der Waals surface area contributed by atoms with E-state index in [0.717, 1.165) is 61.3 Å². The number of aromatic nitrogens is 4. The highest BCUT2D eigenvalue weighted by atomic mass is 35.5. The van der Waals surface area contributed by atoms with Gasteiger partial charge in [0.25, 0.3) is 0 Å². The highest BCUT2D eigenvalue weighted by Gasteiger charge is 2.32. The molecule has 2 aliphatic rings. The number of halogens is 1. The number of hydrogen-bond donors (Lipinski definition) is 1. The maximum atomic E-state index is 13.4. The summed E-state index contributed by atoms with van der Waals surface area (Å²) in [6.07, 6.45) is 4.19. The molecule has 7 rings (SSSR count). The highest BCUT2D eigenvalue weighted by molar-refractivity contribution is 7.15. The second-order valence-corrected chi connectivity index (χ2v) is 13.6. The van der Waals surface area contributed by atoms with E-state index in [0.29, 0.717) is 43.1 Å². The van der Waals surface area contributed by atoms with Gasteiger partial charge in [-0.15, -0.1) is 21.5 Å². The topological polar surface area (TPSA) is 102 Å². The molecule has 4 heterocycles. The van der Waals surface area contributed by atoms with Crippen molar-refractivity contribution in [1.82, 2.24) is 19.7 Å². The Kier molecular flexibility index (Phi) is 8.13. The molecule has 1 atom stereocenters. The number of pyridine rings is 1. The average molecular weight is 649 g/mol. The molecule has 46 heavy (non-hydrogen) atoms. The van der Waals surface area contributed by atoms with Gasteiger partial charge in [-0.05, 0) is 74.2 Å². The minimum atomic E-state index is -0.458. The molecule has 5 aromatic rings. The second-order valence-electron chi connectivity index (χ2n) is 12.0. The zero-order valence-corrected chi connectivity index (χ0v) is 27.5. The number of fused-ring (bicyclic) bond motifs is 4. The quantitative estimate of drug-likeness (QED) is 0.167. The summed E-state index contributed by atoms with van der Waals surface area (Å²) >= 11 is 7.92. The van der Waals surface area contributed by atoms with Crippen molar-refractivity contribution < 1.29 is 9.59 Å². The standard InChI is InChI=1S/C36H33ClN6O2S/c1-20-21(2)46-36-33(20)34(23-8-10-27(37)11-9-23)40-32(35-42-41-22(3)43(35)36)18-29(44)5-4-14-38-28-12-13-31(39-19-28)25-7-6-24-16-30(45)17-26(24)15-25/h6-13,15,19,32,38H,4-5,14,16-18H2,1-3H3/t32-/m0/s1. The van der Waals surface area contributed by atoms with E-state index in [2.05, 4.69) is 45.0 Å². The fourth-order valence-electron chi connectivity index (χ4n) is 6.25. The molecule has 0 bridgehead atoms. The third-order valence-corrected chi connectivity index (χ3v) is 10.2. The molecule has 3 aromatic heterocycles. The van der Waals surface area contributed by atoms with Gasteiger partial charge in [-0.2, -0.15) is 0 Å². The van der Waals surface area contributed by atoms with Gasteiger partial charge < -0.3 is 5.32 Å². The van der Waals surface area contributed by atoms with Gasteiger partial charge in [-0.3, -0.25) is 24.1 Å². The summed E-state index contributed by atoms with van der Waals surface area (Å²) in [7, 11) is 0. The molecule has 0 amide bonds. The lowest BCUT2D eigenvalue weighted by Gasteiger charge is -2.13. The number of carbonyl (C=O) groups is 2. The summed E-state index contributed by atoms with van der Waals surface area (Å²) in [5, 5.41) is 14.0. The van der Waals surface area contributed by atoms with Crippen molar-refractivity contribution in [1.29, 1.82) is 0 Å². The number of ketones is 2. The Hall–Kier alpha value is -4.47. The third-order valence-electron chi connectivity index (χ3n) is 8.78. The van der Waals surface area contributed by atoms with Crippen LogP contribution in [0.4, 0.5) is 5.69 Å². The number of Topliss-reactive ketones (excluding diaryl/α,β-unsaturated/α-hetero) is 2. The van der Waals surface area contributed by atoms with Gasteiger partial charge in [0, 0.05) is 58.8 Å². The van der Waals surface area contributed by atoms with E-state index in [1.807, 2.05) is 61.7 Å². The number of nitrogens with one attached hydrogen (secondary N) is 1. The third kappa shape index (κ3) is 5.81. The van der Waals surface area contributed by atoms with Gasteiger partial charge in [-0.1, -0.05) is 35.9 Å². The predicted molar refractivity (Wildman–Crippen MR) is 183 cm³/mol. The number of carbonyl (C=O) groups excluding carboxylic acids is 2. The van der Waals surface area contributed by atoms with Gasteiger partial charge >= 0.3 is 0 Å². The zero-order valence-electron chi connectivity index (χ0n) is 25.9. The van der Waals surface area contributed by atoms with Gasteiger partial charge in [-0.25, -0.2) is 0 Å². The predicted octanol–water partition coefficient (Wildman–Crippen LogP) is 7.38. The molecular formula is C36H33ClN6O2S. The summed E-state index contributed by atoms with van der Waals surface area (Å²) in [6.45, 7) is 6.82. The molecule has 1 N–H and O–H groups in total. The van der Waals surface area contributed by atoms with Crippen LogP contribution in [0.1, 0.15) is 69.6 Å². The first-order valence-electron chi connectivity index (χ1n) is 15.5. The van der Waals surface area contributed by atoms with Crippen LogP contribution in [0.15, 0.2) is 65.8 Å². The number of benzene rings is 2. The first-order chi connectivity index (χ1) is 22.2. The molecule has 0 radical (unpaired) electrons. The lowest BCUT2D eigenvalue weighted by atomic mass is 9.99. The van der Waals surface area contributed by atoms with E-state index in [4.69, 9.17) is 16.6 Å². The number of aryl methyl sites for hydroxylation is 2. The molecule has 10 heteroatoms. The van der Waals surface area contributed by atoms with Crippen LogP contribution < -0.4 is 5.32 Å². The van der Waals surface area contributed by atoms with E-state index in [-0.39, 0.29) is 18.0 Å². The van der Waals surface area contributed by atoms with Crippen LogP contribution in [0.25, 0.3) is 16.3 Å². The first-order valence-corrected chi connectivity index (χ1v) is 16.7. The number of nitrogens with zero attached hydrogens (tertiary/aromatic N) is 5. The Morgan fingerprint density at radius 3 is 2.57 bits per heavy atom. The van der Waals surface area contributed by atoms with Crippen molar-refractivity contribution >= 4 is 45.9 Å². The van der Waals surface area contributed by atoms with E-state index < -0.39 is 6.04 Å². The van der Waals surface area contributed by atoms with Crippen molar-refractivity contribution in [2.75, 3.05) is 11.9 Å². The Balaban J connectivity index is 1.03. The van der Waals surface area contributed by atoms with E-state index >= 15 is 0 Å². The number of thiophene rings is 1. The normalized spacial score (nSPS) is 15.2. The van der Waals surface area contributed by atoms with Gasteiger partial charge in [0.15, 0.2) is 5.82 Å². The number of aliphatic imine (C=N–C) groups is 1. The minimum Gasteiger partial charge on any atom is -0.384 e. The summed E-state index contributed by atoms with van der Waals surface area (Å²) in [6, 6.07) is 17.4. The Morgan fingerprint density at radius 2 is 1.78 bits per heavy atom. The lowest BCUT2D eigenvalue weighted by Crippen LogP contribution is -2.12. The average Bonchev–Trinajstić information content (AvgIpc) is 3.68. The van der Waals surface area contributed by atoms with Crippen LogP contribution in [0.3, 0.4) is 0 Å². The van der Waals surface area contributed by atoms with Crippen LogP contribution in [0.2, 0.25) is 5.02 Å². The van der Waals surface area contributed by atoms with E-state index in [1.165, 1.54) is 4.88 Å².